The monoisotopic (exact) mass is 313 g/mol. The molecule has 1 amide bonds. The molecule has 0 N–H and O–H groups in total. The summed E-state index contributed by atoms with van der Waals surface area (Å²) < 4.78 is 10.9. The molecule has 3 aromatic heterocycles. The van der Waals surface area contributed by atoms with E-state index in [2.05, 4.69) is 15.0 Å². The van der Waals surface area contributed by atoms with Crippen LogP contribution in [0.1, 0.15) is 16.2 Å². The smallest absolute Gasteiger partial charge is 0.300 e. The third kappa shape index (κ3) is 2.41. The molecular formula is C15H15N5O3. The summed E-state index contributed by atoms with van der Waals surface area (Å²) >= 11 is 0. The van der Waals surface area contributed by atoms with Gasteiger partial charge < -0.3 is 18.6 Å². The van der Waals surface area contributed by atoms with Gasteiger partial charge in [-0.1, -0.05) is 0 Å². The molecule has 4 rings (SSSR count). The van der Waals surface area contributed by atoms with E-state index in [1.54, 1.807) is 18.0 Å². The van der Waals surface area contributed by atoms with E-state index in [-0.39, 0.29) is 5.91 Å². The first kappa shape index (κ1) is 13.7. The van der Waals surface area contributed by atoms with Crippen LogP contribution in [0.25, 0.3) is 11.2 Å². The molecule has 0 radical (unpaired) electrons. The van der Waals surface area contributed by atoms with Crippen LogP contribution in [0.15, 0.2) is 33.6 Å². The first-order chi connectivity index (χ1) is 11.2. The number of aryl methyl sites for hydroxylation is 1. The van der Waals surface area contributed by atoms with Gasteiger partial charge in [0.25, 0.3) is 11.9 Å². The minimum Gasteiger partial charge on any atom is -0.438 e. The molecule has 3 aromatic rings. The number of rotatable bonds is 2. The van der Waals surface area contributed by atoms with Gasteiger partial charge in [0.15, 0.2) is 12.0 Å². The van der Waals surface area contributed by atoms with Gasteiger partial charge in [0.1, 0.15) is 0 Å². The number of piperazine rings is 1. The van der Waals surface area contributed by atoms with Crippen LogP contribution in [0, 0.1) is 6.92 Å². The number of oxazole rings is 2. The number of amides is 1. The highest BCUT2D eigenvalue weighted by Crippen LogP contribution is 2.21. The van der Waals surface area contributed by atoms with Crippen LogP contribution in [0.2, 0.25) is 0 Å². The number of nitrogens with zero attached hydrogens (tertiary/aromatic N) is 5. The number of fused-ring (bicyclic) bond motifs is 1. The van der Waals surface area contributed by atoms with E-state index >= 15 is 0 Å². The summed E-state index contributed by atoms with van der Waals surface area (Å²) in [5.41, 5.74) is 1.87. The van der Waals surface area contributed by atoms with E-state index in [0.717, 1.165) is 0 Å². The average molecular weight is 313 g/mol. The van der Waals surface area contributed by atoms with Crippen molar-refractivity contribution in [1.29, 1.82) is 0 Å². The van der Waals surface area contributed by atoms with Crippen molar-refractivity contribution in [2.45, 2.75) is 6.92 Å². The van der Waals surface area contributed by atoms with Crippen LogP contribution in [0.4, 0.5) is 6.01 Å². The molecule has 8 heteroatoms. The predicted molar refractivity (Wildman–Crippen MR) is 81.2 cm³/mol. The molecule has 8 nitrogen and oxygen atoms in total. The maximum Gasteiger partial charge on any atom is 0.300 e. The van der Waals surface area contributed by atoms with Gasteiger partial charge in [-0.25, -0.2) is 9.97 Å². The van der Waals surface area contributed by atoms with Crippen molar-refractivity contribution in [3.63, 3.8) is 0 Å². The zero-order valence-electron chi connectivity index (χ0n) is 12.6. The van der Waals surface area contributed by atoms with Gasteiger partial charge in [0, 0.05) is 32.4 Å². The molecule has 0 aliphatic carbocycles. The summed E-state index contributed by atoms with van der Waals surface area (Å²) in [6, 6.07) is 4.19. The van der Waals surface area contributed by atoms with Crippen LogP contribution in [0.3, 0.4) is 0 Å². The van der Waals surface area contributed by atoms with Gasteiger partial charge >= 0.3 is 0 Å². The van der Waals surface area contributed by atoms with Crippen molar-refractivity contribution in [2.24, 2.45) is 0 Å². The number of hydrogen-bond donors (Lipinski definition) is 0. The fourth-order valence-corrected chi connectivity index (χ4v) is 2.64. The molecule has 4 heterocycles. The second-order valence-corrected chi connectivity index (χ2v) is 5.37. The first-order valence-corrected chi connectivity index (χ1v) is 7.38. The number of pyridine rings is 1. The van der Waals surface area contributed by atoms with E-state index in [1.165, 1.54) is 6.39 Å². The third-order valence-electron chi connectivity index (χ3n) is 3.93. The van der Waals surface area contributed by atoms with Crippen LogP contribution >= 0.6 is 0 Å². The lowest BCUT2D eigenvalue weighted by Gasteiger charge is -2.33. The van der Waals surface area contributed by atoms with Gasteiger partial charge in [-0.3, -0.25) is 4.79 Å². The lowest BCUT2D eigenvalue weighted by atomic mass is 10.2. The maximum atomic E-state index is 12.4. The van der Waals surface area contributed by atoms with E-state index in [0.29, 0.717) is 54.9 Å². The Morgan fingerprint density at radius 1 is 1.22 bits per heavy atom. The quantitative estimate of drug-likeness (QED) is 0.708. The van der Waals surface area contributed by atoms with E-state index in [1.807, 2.05) is 17.0 Å². The fraction of sp³-hybridized carbons (Fsp3) is 0.333. The third-order valence-corrected chi connectivity index (χ3v) is 3.93. The topological polar surface area (TPSA) is 88.5 Å². The Labute approximate surface area is 131 Å². The molecule has 0 aromatic carbocycles. The van der Waals surface area contributed by atoms with Crippen molar-refractivity contribution in [1.82, 2.24) is 19.9 Å². The van der Waals surface area contributed by atoms with Gasteiger partial charge in [-0.15, -0.1) is 0 Å². The zero-order chi connectivity index (χ0) is 15.8. The molecular weight excluding hydrogens is 298 g/mol. The molecule has 1 saturated heterocycles. The number of anilines is 1. The highest BCUT2D eigenvalue weighted by Gasteiger charge is 2.27. The van der Waals surface area contributed by atoms with E-state index in [4.69, 9.17) is 8.83 Å². The number of carbonyl (C=O) groups excluding carboxylic acids is 1. The second kappa shape index (κ2) is 5.38. The molecule has 0 unspecified atom stereocenters. The van der Waals surface area contributed by atoms with Crippen molar-refractivity contribution >= 4 is 23.2 Å². The SMILES string of the molecule is Cc1ncoc1C(=O)N1CCN(c2nc3ncccc3o2)CC1. The summed E-state index contributed by atoms with van der Waals surface area (Å²) in [7, 11) is 0. The molecule has 1 aliphatic rings. The van der Waals surface area contributed by atoms with Crippen LogP contribution in [0.5, 0.6) is 0 Å². The van der Waals surface area contributed by atoms with Gasteiger partial charge in [-0.05, 0) is 19.1 Å². The maximum absolute atomic E-state index is 12.4. The number of aromatic nitrogens is 3. The Hall–Kier alpha value is -2.90. The van der Waals surface area contributed by atoms with E-state index in [9.17, 15) is 4.79 Å². The van der Waals surface area contributed by atoms with Crippen molar-refractivity contribution in [3.8, 4) is 0 Å². The Morgan fingerprint density at radius 3 is 2.74 bits per heavy atom. The molecule has 1 fully saturated rings. The fourth-order valence-electron chi connectivity index (χ4n) is 2.64. The lowest BCUT2D eigenvalue weighted by molar-refractivity contribution is 0.0712. The van der Waals surface area contributed by atoms with Gasteiger partial charge in [-0.2, -0.15) is 4.98 Å². The summed E-state index contributed by atoms with van der Waals surface area (Å²) in [6.45, 7) is 4.20. The average Bonchev–Trinajstić information content (AvgIpc) is 3.20. The predicted octanol–water partition coefficient (Wildman–Crippen LogP) is 1.48. The molecule has 1 aliphatic heterocycles. The minimum absolute atomic E-state index is 0.126. The van der Waals surface area contributed by atoms with Crippen LogP contribution < -0.4 is 4.90 Å². The minimum atomic E-state index is -0.126. The van der Waals surface area contributed by atoms with Gasteiger partial charge in [0.2, 0.25) is 11.4 Å². The standard InChI is InChI=1S/C15H15N5O3/c1-10-12(22-9-17-10)14(21)19-5-7-20(8-6-19)15-18-13-11(23-15)3-2-4-16-13/h2-4,9H,5-8H2,1H3. The van der Waals surface area contributed by atoms with E-state index < -0.39 is 0 Å². The number of hydrogen-bond acceptors (Lipinski definition) is 7. The first-order valence-electron chi connectivity index (χ1n) is 7.38. The summed E-state index contributed by atoms with van der Waals surface area (Å²) in [5.74, 6) is 0.184. The molecule has 23 heavy (non-hydrogen) atoms. The summed E-state index contributed by atoms with van der Waals surface area (Å²) in [5, 5.41) is 0. The second-order valence-electron chi connectivity index (χ2n) is 5.37. The molecule has 0 saturated carbocycles. The molecule has 0 atom stereocenters. The normalized spacial score (nSPS) is 15.3. The highest BCUT2D eigenvalue weighted by molar-refractivity contribution is 5.92. The van der Waals surface area contributed by atoms with Gasteiger partial charge in [0.05, 0.1) is 5.69 Å². The highest BCUT2D eigenvalue weighted by atomic mass is 16.4. The summed E-state index contributed by atoms with van der Waals surface area (Å²) in [6.07, 6.45) is 2.98. The van der Waals surface area contributed by atoms with Crippen LogP contribution in [-0.2, 0) is 0 Å². The van der Waals surface area contributed by atoms with Crippen LogP contribution in [-0.4, -0.2) is 51.9 Å². The van der Waals surface area contributed by atoms with Crippen molar-refractivity contribution < 1.29 is 13.6 Å². The number of carbonyl (C=O) groups is 1. The summed E-state index contributed by atoms with van der Waals surface area (Å²) in [4.78, 5) is 28.7. The Morgan fingerprint density at radius 2 is 2.04 bits per heavy atom. The zero-order valence-corrected chi connectivity index (χ0v) is 12.6. The Balaban J connectivity index is 1.46. The Kier molecular flexibility index (Phi) is 3.22. The molecule has 0 bridgehead atoms. The Bertz CT molecular complexity index is 815. The molecule has 118 valence electrons. The molecule has 0 spiro atoms. The van der Waals surface area contributed by atoms with Crippen molar-refractivity contribution in [2.75, 3.05) is 31.1 Å². The lowest BCUT2D eigenvalue weighted by Crippen LogP contribution is -2.49. The largest absolute Gasteiger partial charge is 0.438 e. The van der Waals surface area contributed by atoms with Crippen molar-refractivity contribution in [3.05, 3.63) is 36.2 Å².